The van der Waals surface area contributed by atoms with E-state index in [1.807, 2.05) is 0 Å². The topological polar surface area (TPSA) is 306 Å². The SMILES string of the molecule is N.N.N.N.NS(=O)(=O)[O-].NS(=O)(=O)[O-].[Pd+2]. The van der Waals surface area contributed by atoms with Crippen molar-refractivity contribution in [2.75, 3.05) is 0 Å². The van der Waals surface area contributed by atoms with E-state index in [1.54, 1.807) is 0 Å². The standard InChI is InChI=1S/2H3NO3S.4H3N.Pd/c2*1-5(2,3)4;;;;;/h2*(H3,1,2,3,4);4*1H3;/q;;;;;;+2/p-2. The van der Waals surface area contributed by atoms with Crippen molar-refractivity contribution in [3.63, 3.8) is 0 Å². The molecule has 0 aromatic heterocycles. The molecule has 0 fully saturated rings. The van der Waals surface area contributed by atoms with Crippen molar-refractivity contribution in [1.82, 2.24) is 24.6 Å². The molecular formula is H16N6O6PdS2. The first kappa shape index (κ1) is 45.5. The van der Waals surface area contributed by atoms with Gasteiger partial charge in [-0.2, -0.15) is 0 Å². The molecule has 0 rings (SSSR count). The van der Waals surface area contributed by atoms with Crippen LogP contribution in [0.4, 0.5) is 0 Å². The maximum absolute atomic E-state index is 8.85. The van der Waals surface area contributed by atoms with Crippen LogP contribution in [0.1, 0.15) is 0 Å². The average Bonchev–Trinajstić information content (AvgIpc) is 1.12. The van der Waals surface area contributed by atoms with Gasteiger partial charge in [0.15, 0.2) is 20.6 Å². The molecular weight excluding hydrogens is 351 g/mol. The van der Waals surface area contributed by atoms with Crippen molar-refractivity contribution in [2.45, 2.75) is 0 Å². The summed E-state index contributed by atoms with van der Waals surface area (Å²) >= 11 is 0. The Labute approximate surface area is 102 Å². The fourth-order valence-electron chi connectivity index (χ4n) is 0. The minimum absolute atomic E-state index is 0. The Hall–Kier alpha value is 0.242. The molecule has 12 nitrogen and oxygen atoms in total. The molecule has 0 radical (unpaired) electrons. The summed E-state index contributed by atoms with van der Waals surface area (Å²) in [4.78, 5) is 0. The van der Waals surface area contributed by atoms with E-state index in [0.29, 0.717) is 0 Å². The molecule has 0 aromatic carbocycles. The molecule has 0 saturated heterocycles. The molecule has 0 heterocycles. The summed E-state index contributed by atoms with van der Waals surface area (Å²) in [7, 11) is -8.83. The summed E-state index contributed by atoms with van der Waals surface area (Å²) in [5.74, 6) is 0. The van der Waals surface area contributed by atoms with Crippen LogP contribution in [0, 0.1) is 0 Å². The third-order valence-electron chi connectivity index (χ3n) is 0. The maximum atomic E-state index is 8.85. The molecule has 104 valence electrons. The van der Waals surface area contributed by atoms with Crippen molar-refractivity contribution < 1.29 is 46.4 Å². The van der Waals surface area contributed by atoms with Gasteiger partial charge in [0.2, 0.25) is 0 Å². The number of rotatable bonds is 0. The summed E-state index contributed by atoms with van der Waals surface area (Å²) in [6.45, 7) is 0. The largest absolute Gasteiger partial charge is 2.00 e. The van der Waals surface area contributed by atoms with Crippen molar-refractivity contribution in [1.29, 1.82) is 0 Å². The molecule has 0 aliphatic heterocycles. The first-order valence-corrected chi connectivity index (χ1v) is 4.41. The molecule has 0 amide bonds. The summed E-state index contributed by atoms with van der Waals surface area (Å²) in [6, 6.07) is 0. The molecule has 15 heavy (non-hydrogen) atoms. The van der Waals surface area contributed by atoms with Gasteiger partial charge in [-0.3, -0.25) is 0 Å². The molecule has 16 N–H and O–H groups in total. The zero-order valence-corrected chi connectivity index (χ0v) is 10.8. The summed E-state index contributed by atoms with van der Waals surface area (Å²) in [5, 5.41) is 7.54. The Morgan fingerprint density at radius 1 is 0.667 bits per heavy atom. The average molecular weight is 367 g/mol. The molecule has 0 bridgehead atoms. The molecule has 0 aliphatic carbocycles. The zero-order chi connectivity index (χ0) is 9.00. The fraction of sp³-hybridized carbons (Fsp3) is 0. The minimum Gasteiger partial charge on any atom is -0.736 e. The van der Waals surface area contributed by atoms with E-state index in [2.05, 4.69) is 10.3 Å². The number of hydrogen-bond acceptors (Lipinski definition) is 10. The van der Waals surface area contributed by atoms with E-state index < -0.39 is 20.6 Å². The molecule has 0 aromatic rings. The van der Waals surface area contributed by atoms with Crippen molar-refractivity contribution >= 4 is 20.6 Å². The number of hydrogen-bond donors (Lipinski definition) is 6. The van der Waals surface area contributed by atoms with Crippen LogP contribution in [0.3, 0.4) is 0 Å². The molecule has 0 aliphatic rings. The Morgan fingerprint density at radius 3 is 0.667 bits per heavy atom. The normalized spacial score (nSPS) is 7.73. The smallest absolute Gasteiger partial charge is 0.736 e. The maximum Gasteiger partial charge on any atom is 2.00 e. The van der Waals surface area contributed by atoms with Gasteiger partial charge in [0.05, 0.1) is 0 Å². The minimum atomic E-state index is -4.42. The van der Waals surface area contributed by atoms with Gasteiger partial charge >= 0.3 is 20.4 Å². The van der Waals surface area contributed by atoms with Crippen molar-refractivity contribution in [3.05, 3.63) is 0 Å². The van der Waals surface area contributed by atoms with Crippen LogP contribution in [-0.4, -0.2) is 25.9 Å². The molecule has 15 heteroatoms. The monoisotopic (exact) mass is 366 g/mol. The molecule has 0 unspecified atom stereocenters. The summed E-state index contributed by atoms with van der Waals surface area (Å²) in [5.41, 5.74) is 0. The predicted molar refractivity (Wildman–Crippen MR) is 47.9 cm³/mol. The molecule has 0 saturated carbocycles. The fourth-order valence-corrected chi connectivity index (χ4v) is 0. The van der Waals surface area contributed by atoms with Gasteiger partial charge in [-0.25, -0.2) is 27.1 Å². The van der Waals surface area contributed by atoms with E-state index >= 15 is 0 Å². The zero-order valence-electron chi connectivity index (χ0n) is 7.57. The van der Waals surface area contributed by atoms with Crippen LogP contribution >= 0.6 is 0 Å². The van der Waals surface area contributed by atoms with Gasteiger partial charge in [0.1, 0.15) is 0 Å². The predicted octanol–water partition coefficient (Wildman–Crippen LogP) is -2.54. The third kappa shape index (κ3) is 36300. The van der Waals surface area contributed by atoms with Crippen LogP contribution in [-0.2, 0) is 41.0 Å². The molecule has 0 spiro atoms. The molecule has 0 atom stereocenters. The van der Waals surface area contributed by atoms with Gasteiger partial charge in [-0.05, 0) is 0 Å². The third-order valence-corrected chi connectivity index (χ3v) is 0. The summed E-state index contributed by atoms with van der Waals surface area (Å²) < 4.78 is 53.1. The van der Waals surface area contributed by atoms with Gasteiger partial charge in [-0.1, -0.05) is 0 Å². The van der Waals surface area contributed by atoms with E-state index in [9.17, 15) is 0 Å². The van der Waals surface area contributed by atoms with Crippen LogP contribution in [0.2, 0.25) is 0 Å². The van der Waals surface area contributed by atoms with Crippen LogP contribution in [0.25, 0.3) is 0 Å². The second-order valence-electron chi connectivity index (χ2n) is 0.986. The Kier molecular flexibility index (Phi) is 50.6. The first-order valence-electron chi connectivity index (χ1n) is 1.47. The van der Waals surface area contributed by atoms with Crippen LogP contribution in [0.15, 0.2) is 0 Å². The van der Waals surface area contributed by atoms with Gasteiger partial charge < -0.3 is 33.7 Å². The number of nitrogens with two attached hydrogens (primary N) is 2. The van der Waals surface area contributed by atoms with Gasteiger partial charge in [-0.15, -0.1) is 0 Å². The Balaban J connectivity index is -0.0000000128. The van der Waals surface area contributed by atoms with Gasteiger partial charge in [0.25, 0.3) is 0 Å². The Morgan fingerprint density at radius 2 is 0.667 bits per heavy atom. The second-order valence-corrected chi connectivity index (χ2v) is 2.96. The van der Waals surface area contributed by atoms with Crippen LogP contribution < -0.4 is 34.9 Å². The second kappa shape index (κ2) is 16.7. The van der Waals surface area contributed by atoms with E-state index in [4.69, 9.17) is 25.9 Å². The summed E-state index contributed by atoms with van der Waals surface area (Å²) in [6.07, 6.45) is 0. The van der Waals surface area contributed by atoms with Crippen molar-refractivity contribution in [3.8, 4) is 0 Å². The van der Waals surface area contributed by atoms with E-state index in [-0.39, 0.29) is 45.0 Å². The van der Waals surface area contributed by atoms with E-state index in [1.165, 1.54) is 0 Å². The first-order chi connectivity index (χ1) is 4.00. The van der Waals surface area contributed by atoms with Crippen molar-refractivity contribution in [2.24, 2.45) is 10.3 Å². The van der Waals surface area contributed by atoms with Crippen LogP contribution in [0.5, 0.6) is 0 Å². The van der Waals surface area contributed by atoms with E-state index in [0.717, 1.165) is 0 Å². The quantitative estimate of drug-likeness (QED) is 0.192. The Bertz CT molecular complexity index is 222. The van der Waals surface area contributed by atoms with Gasteiger partial charge in [0, 0.05) is 0 Å².